The molecule has 2 rings (SSSR count). The molecule has 0 saturated carbocycles. The molecule has 1 aromatic heterocycles. The van der Waals surface area contributed by atoms with Crippen LogP contribution in [0, 0.1) is 0 Å². The van der Waals surface area contributed by atoms with Crippen molar-refractivity contribution in [2.24, 2.45) is 0 Å². The van der Waals surface area contributed by atoms with Crippen LogP contribution >= 0.6 is 27.3 Å². The zero-order valence-corrected chi connectivity index (χ0v) is 11.2. The van der Waals surface area contributed by atoms with Gasteiger partial charge in [-0.1, -0.05) is 12.1 Å². The van der Waals surface area contributed by atoms with Crippen molar-refractivity contribution in [3.63, 3.8) is 0 Å². The first-order valence-electron chi connectivity index (χ1n) is 4.83. The van der Waals surface area contributed by atoms with Gasteiger partial charge in [-0.05, 0) is 33.6 Å². The second kappa shape index (κ2) is 4.99. The molecule has 7 heteroatoms. The van der Waals surface area contributed by atoms with Crippen LogP contribution in [0.4, 0.5) is 13.2 Å². The lowest BCUT2D eigenvalue weighted by molar-refractivity contribution is -0.137. The van der Waals surface area contributed by atoms with Gasteiger partial charge < -0.3 is 5.11 Å². The van der Waals surface area contributed by atoms with Crippen molar-refractivity contribution in [2.75, 3.05) is 0 Å². The topological polar surface area (TPSA) is 33.1 Å². The van der Waals surface area contributed by atoms with E-state index in [1.165, 1.54) is 23.5 Å². The van der Waals surface area contributed by atoms with Crippen LogP contribution in [0.3, 0.4) is 0 Å². The van der Waals surface area contributed by atoms with Gasteiger partial charge in [-0.15, -0.1) is 11.3 Å². The summed E-state index contributed by atoms with van der Waals surface area (Å²) in [6.45, 7) is 0. The molecule has 2 nitrogen and oxygen atoms in total. The minimum Gasteiger partial charge on any atom is -0.382 e. The maximum atomic E-state index is 12.4. The van der Waals surface area contributed by atoms with E-state index >= 15 is 0 Å². The summed E-state index contributed by atoms with van der Waals surface area (Å²) in [5.74, 6) is 0. The number of thiazole rings is 1. The van der Waals surface area contributed by atoms with E-state index in [0.717, 1.165) is 12.1 Å². The monoisotopic (exact) mass is 337 g/mol. The van der Waals surface area contributed by atoms with Gasteiger partial charge in [0.2, 0.25) is 0 Å². The smallest absolute Gasteiger partial charge is 0.382 e. The Bertz CT molecular complexity index is 538. The molecule has 0 radical (unpaired) electrons. The van der Waals surface area contributed by atoms with Gasteiger partial charge in [-0.3, -0.25) is 0 Å². The first-order chi connectivity index (χ1) is 8.39. The summed E-state index contributed by atoms with van der Waals surface area (Å²) in [5, 5.41) is 9.99. The molecule has 0 amide bonds. The lowest BCUT2D eigenvalue weighted by Gasteiger charge is -2.11. The number of aliphatic hydroxyl groups is 1. The largest absolute Gasteiger partial charge is 0.416 e. The fourth-order valence-electron chi connectivity index (χ4n) is 1.43. The number of rotatable bonds is 2. The van der Waals surface area contributed by atoms with Gasteiger partial charge in [0, 0.05) is 0 Å². The summed E-state index contributed by atoms with van der Waals surface area (Å²) in [7, 11) is 0. The molecule has 1 N–H and O–H groups in total. The van der Waals surface area contributed by atoms with Crippen LogP contribution in [0.25, 0.3) is 0 Å². The second-order valence-electron chi connectivity index (χ2n) is 3.53. The Morgan fingerprint density at radius 2 is 1.83 bits per heavy atom. The highest BCUT2D eigenvalue weighted by Gasteiger charge is 2.30. The summed E-state index contributed by atoms with van der Waals surface area (Å²) < 4.78 is 37.8. The lowest BCUT2D eigenvalue weighted by Crippen LogP contribution is -2.06. The minimum absolute atomic E-state index is 0.370. The highest BCUT2D eigenvalue weighted by Crippen LogP contribution is 2.33. The third-order valence-electron chi connectivity index (χ3n) is 2.36. The molecule has 0 bridgehead atoms. The van der Waals surface area contributed by atoms with E-state index in [1.54, 1.807) is 5.51 Å². The highest BCUT2D eigenvalue weighted by molar-refractivity contribution is 9.11. The standard InChI is InChI=1S/C11H7BrF3NOS/c12-10-8(16-5-18-10)9(17)6-1-3-7(4-2-6)11(13,14)15/h1-5,9,17H. The maximum absolute atomic E-state index is 12.4. The van der Waals surface area contributed by atoms with E-state index in [-0.39, 0.29) is 0 Å². The number of hydrogen-bond donors (Lipinski definition) is 1. The van der Waals surface area contributed by atoms with Gasteiger partial charge >= 0.3 is 6.18 Å². The highest BCUT2D eigenvalue weighted by atomic mass is 79.9. The van der Waals surface area contributed by atoms with Gasteiger partial charge in [0.15, 0.2) is 0 Å². The lowest BCUT2D eigenvalue weighted by atomic mass is 10.1. The Labute approximate surface area is 113 Å². The molecule has 0 spiro atoms. The molecular formula is C11H7BrF3NOS. The van der Waals surface area contributed by atoms with E-state index in [4.69, 9.17) is 0 Å². The average molecular weight is 338 g/mol. The molecule has 18 heavy (non-hydrogen) atoms. The summed E-state index contributed by atoms with van der Waals surface area (Å²) in [4.78, 5) is 3.96. The van der Waals surface area contributed by atoms with Crippen LogP contribution in [0.2, 0.25) is 0 Å². The van der Waals surface area contributed by atoms with E-state index in [2.05, 4.69) is 20.9 Å². The molecule has 1 atom stereocenters. The number of hydrogen-bond acceptors (Lipinski definition) is 3. The third kappa shape index (κ3) is 2.73. The Kier molecular flexibility index (Phi) is 3.74. The molecule has 0 fully saturated rings. The molecular weight excluding hydrogens is 331 g/mol. The predicted octanol–water partition coefficient (Wildman–Crippen LogP) is 4.01. The van der Waals surface area contributed by atoms with Gasteiger partial charge in [-0.25, -0.2) is 4.98 Å². The zero-order valence-electron chi connectivity index (χ0n) is 8.78. The van der Waals surface area contributed by atoms with Gasteiger partial charge in [0.05, 0.1) is 20.6 Å². The molecule has 1 aromatic carbocycles. The maximum Gasteiger partial charge on any atom is 0.416 e. The molecule has 96 valence electrons. The number of aromatic nitrogens is 1. The van der Waals surface area contributed by atoms with Crippen molar-refractivity contribution >= 4 is 27.3 Å². The van der Waals surface area contributed by atoms with Gasteiger partial charge in [-0.2, -0.15) is 13.2 Å². The molecule has 1 heterocycles. The Morgan fingerprint density at radius 3 is 2.28 bits per heavy atom. The molecule has 0 aliphatic heterocycles. The van der Waals surface area contributed by atoms with Gasteiger partial charge in [0.25, 0.3) is 0 Å². The summed E-state index contributed by atoms with van der Waals surface area (Å²) in [5.41, 5.74) is 1.58. The van der Waals surface area contributed by atoms with Crippen molar-refractivity contribution in [1.29, 1.82) is 0 Å². The predicted molar refractivity (Wildman–Crippen MR) is 65.3 cm³/mol. The van der Waals surface area contributed by atoms with Crippen molar-refractivity contribution < 1.29 is 18.3 Å². The second-order valence-corrected chi connectivity index (χ2v) is 5.71. The van der Waals surface area contributed by atoms with E-state index in [9.17, 15) is 18.3 Å². The van der Waals surface area contributed by atoms with Gasteiger partial charge in [0.1, 0.15) is 6.10 Å². The van der Waals surface area contributed by atoms with Crippen LogP contribution in [0.1, 0.15) is 22.9 Å². The van der Waals surface area contributed by atoms with Crippen LogP contribution < -0.4 is 0 Å². The molecule has 0 saturated heterocycles. The zero-order chi connectivity index (χ0) is 13.3. The Hall–Kier alpha value is -0.920. The summed E-state index contributed by atoms with van der Waals surface area (Å²) in [6, 6.07) is 4.39. The summed E-state index contributed by atoms with van der Waals surface area (Å²) >= 11 is 4.53. The number of alkyl halides is 3. The number of nitrogens with zero attached hydrogens (tertiary/aromatic N) is 1. The van der Waals surface area contributed by atoms with E-state index in [1.807, 2.05) is 0 Å². The molecule has 0 aliphatic rings. The first-order valence-corrected chi connectivity index (χ1v) is 6.51. The number of halogens is 4. The number of aliphatic hydroxyl groups excluding tert-OH is 1. The van der Waals surface area contributed by atoms with Crippen LogP contribution in [-0.4, -0.2) is 10.1 Å². The normalized spacial score (nSPS) is 13.6. The van der Waals surface area contributed by atoms with Crippen molar-refractivity contribution in [2.45, 2.75) is 12.3 Å². The minimum atomic E-state index is -4.37. The fourth-order valence-corrected chi connectivity index (χ4v) is 2.54. The van der Waals surface area contributed by atoms with Crippen LogP contribution in [0.15, 0.2) is 33.6 Å². The Balaban J connectivity index is 2.28. The van der Waals surface area contributed by atoms with E-state index < -0.39 is 17.8 Å². The fraction of sp³-hybridized carbons (Fsp3) is 0.182. The van der Waals surface area contributed by atoms with Crippen LogP contribution in [-0.2, 0) is 6.18 Å². The Morgan fingerprint density at radius 1 is 1.22 bits per heavy atom. The van der Waals surface area contributed by atoms with E-state index in [0.29, 0.717) is 15.0 Å². The van der Waals surface area contributed by atoms with Crippen molar-refractivity contribution in [3.05, 3.63) is 50.4 Å². The molecule has 0 aliphatic carbocycles. The average Bonchev–Trinajstić information content (AvgIpc) is 2.73. The molecule has 1 unspecified atom stereocenters. The molecule has 2 aromatic rings. The number of benzene rings is 1. The third-order valence-corrected chi connectivity index (χ3v) is 3.96. The SMILES string of the molecule is OC(c1ccc(C(F)(F)F)cc1)c1ncsc1Br. The van der Waals surface area contributed by atoms with Crippen molar-refractivity contribution in [3.8, 4) is 0 Å². The summed E-state index contributed by atoms with van der Waals surface area (Å²) in [6.07, 6.45) is -5.40. The van der Waals surface area contributed by atoms with Crippen molar-refractivity contribution in [1.82, 2.24) is 4.98 Å². The quantitative estimate of drug-likeness (QED) is 0.898. The van der Waals surface area contributed by atoms with Crippen LogP contribution in [0.5, 0.6) is 0 Å². The first kappa shape index (κ1) is 13.5.